The molecule has 2 nitrogen and oxygen atoms in total. The van der Waals surface area contributed by atoms with Crippen LogP contribution in [0.4, 0.5) is 0 Å². The van der Waals surface area contributed by atoms with Crippen molar-refractivity contribution in [3.05, 3.63) is 35.5 Å². The molecule has 78 valence electrons. The summed E-state index contributed by atoms with van der Waals surface area (Å²) in [5, 5.41) is 2.33. The summed E-state index contributed by atoms with van der Waals surface area (Å²) >= 11 is 5.78. The Morgan fingerprint density at radius 1 is 1.20 bits per heavy atom. The number of pyridine rings is 1. The SMILES string of the molecule is CP(C)(=O)c1ccc2nc(Cl)ccc2c1. The zero-order valence-corrected chi connectivity index (χ0v) is 10.2. The minimum absolute atomic E-state index is 0.478. The van der Waals surface area contributed by atoms with E-state index < -0.39 is 7.14 Å². The van der Waals surface area contributed by atoms with Gasteiger partial charge in [0.05, 0.1) is 5.52 Å². The molecule has 1 heterocycles. The number of hydrogen-bond donors (Lipinski definition) is 0. The van der Waals surface area contributed by atoms with Crippen LogP contribution >= 0.6 is 18.7 Å². The lowest BCUT2D eigenvalue weighted by molar-refractivity contribution is 0.588. The van der Waals surface area contributed by atoms with Crippen LogP contribution in [0.25, 0.3) is 10.9 Å². The molecule has 0 saturated carbocycles. The molecule has 0 saturated heterocycles. The Morgan fingerprint density at radius 3 is 2.60 bits per heavy atom. The first-order valence-corrected chi connectivity index (χ1v) is 7.56. The van der Waals surface area contributed by atoms with E-state index in [1.54, 1.807) is 19.4 Å². The third-order valence-corrected chi connectivity index (χ3v) is 3.99. The van der Waals surface area contributed by atoms with Crippen LogP contribution in [0.5, 0.6) is 0 Å². The van der Waals surface area contributed by atoms with Gasteiger partial charge in [0.2, 0.25) is 0 Å². The molecule has 0 aliphatic carbocycles. The first kappa shape index (κ1) is 10.7. The smallest absolute Gasteiger partial charge is 0.129 e. The maximum Gasteiger partial charge on any atom is 0.129 e. The zero-order chi connectivity index (χ0) is 11.1. The second-order valence-corrected chi connectivity index (χ2v) is 7.47. The molecule has 0 aliphatic heterocycles. The van der Waals surface area contributed by atoms with Gasteiger partial charge >= 0.3 is 0 Å². The largest absolute Gasteiger partial charge is 0.319 e. The van der Waals surface area contributed by atoms with Gasteiger partial charge in [-0.2, -0.15) is 0 Å². The Kier molecular flexibility index (Phi) is 2.57. The number of rotatable bonds is 1. The normalized spacial score (nSPS) is 11.9. The minimum atomic E-state index is -2.20. The first-order valence-electron chi connectivity index (χ1n) is 4.59. The fourth-order valence-corrected chi connectivity index (χ4v) is 2.46. The molecule has 4 heteroatoms. The summed E-state index contributed by atoms with van der Waals surface area (Å²) in [6, 6.07) is 9.26. The first-order chi connectivity index (χ1) is 6.97. The van der Waals surface area contributed by atoms with E-state index in [0.717, 1.165) is 16.2 Å². The predicted octanol–water partition coefficient (Wildman–Crippen LogP) is 3.14. The van der Waals surface area contributed by atoms with Gasteiger partial charge in [-0.1, -0.05) is 11.6 Å². The summed E-state index contributed by atoms with van der Waals surface area (Å²) in [6.45, 7) is 3.52. The molecule has 1 aromatic carbocycles. The van der Waals surface area contributed by atoms with Crippen LogP contribution in [-0.4, -0.2) is 18.3 Å². The van der Waals surface area contributed by atoms with Crippen molar-refractivity contribution in [1.82, 2.24) is 4.98 Å². The average molecular weight is 240 g/mol. The van der Waals surface area contributed by atoms with Crippen molar-refractivity contribution in [2.75, 3.05) is 13.3 Å². The fourth-order valence-electron chi connectivity index (χ4n) is 1.42. The molecule has 0 spiro atoms. The number of benzene rings is 1. The highest BCUT2D eigenvalue weighted by molar-refractivity contribution is 7.70. The molecule has 0 amide bonds. The second-order valence-electron chi connectivity index (χ2n) is 3.86. The molecule has 2 aromatic rings. The van der Waals surface area contributed by atoms with Gasteiger partial charge in [-0.15, -0.1) is 0 Å². The average Bonchev–Trinajstić information content (AvgIpc) is 2.15. The Hall–Kier alpha value is -0.850. The molecule has 1 aromatic heterocycles. The topological polar surface area (TPSA) is 30.0 Å². The van der Waals surface area contributed by atoms with Crippen molar-refractivity contribution in [3.8, 4) is 0 Å². The summed E-state index contributed by atoms with van der Waals surface area (Å²) in [5.41, 5.74) is 0.833. The lowest BCUT2D eigenvalue weighted by atomic mass is 10.2. The molecule has 0 aliphatic rings. The summed E-state index contributed by atoms with van der Waals surface area (Å²) < 4.78 is 11.9. The van der Waals surface area contributed by atoms with Gasteiger partial charge in [-0.3, -0.25) is 0 Å². The molecular weight excluding hydrogens is 229 g/mol. The van der Waals surface area contributed by atoms with E-state index in [4.69, 9.17) is 11.6 Å². The molecule has 0 radical (unpaired) electrons. The van der Waals surface area contributed by atoms with Crippen LogP contribution in [-0.2, 0) is 4.57 Å². The van der Waals surface area contributed by atoms with Crippen molar-refractivity contribution in [2.45, 2.75) is 0 Å². The van der Waals surface area contributed by atoms with Gasteiger partial charge < -0.3 is 4.57 Å². The van der Waals surface area contributed by atoms with Crippen LogP contribution < -0.4 is 5.30 Å². The molecule has 0 unspecified atom stereocenters. The number of aromatic nitrogens is 1. The molecular formula is C11H11ClNOP. The van der Waals surface area contributed by atoms with Crippen molar-refractivity contribution in [1.29, 1.82) is 0 Å². The van der Waals surface area contributed by atoms with Crippen LogP contribution in [0, 0.1) is 0 Å². The fraction of sp³-hybridized carbons (Fsp3) is 0.182. The van der Waals surface area contributed by atoms with Crippen LogP contribution in [0.15, 0.2) is 30.3 Å². The quantitative estimate of drug-likeness (QED) is 0.565. The van der Waals surface area contributed by atoms with Gasteiger partial charge in [0.1, 0.15) is 12.3 Å². The van der Waals surface area contributed by atoms with Crippen molar-refractivity contribution >= 4 is 35.0 Å². The third-order valence-electron chi connectivity index (χ3n) is 2.26. The Labute approximate surface area is 93.7 Å². The summed E-state index contributed by atoms with van der Waals surface area (Å²) in [7, 11) is -2.20. The monoisotopic (exact) mass is 239 g/mol. The maximum atomic E-state index is 11.9. The van der Waals surface area contributed by atoms with E-state index in [2.05, 4.69) is 4.98 Å². The van der Waals surface area contributed by atoms with E-state index >= 15 is 0 Å². The van der Waals surface area contributed by atoms with Crippen LogP contribution in [0.3, 0.4) is 0 Å². The Bertz CT molecular complexity index is 562. The van der Waals surface area contributed by atoms with E-state index in [1.165, 1.54) is 0 Å². The van der Waals surface area contributed by atoms with E-state index in [-0.39, 0.29) is 0 Å². The molecule has 0 fully saturated rings. The standard InChI is InChI=1S/C11H11ClNOP/c1-15(2,14)9-4-5-10-8(7-9)3-6-11(12)13-10/h3-7H,1-2H3. The molecule has 0 N–H and O–H groups in total. The van der Waals surface area contributed by atoms with Crippen molar-refractivity contribution < 1.29 is 4.57 Å². The number of halogens is 1. The van der Waals surface area contributed by atoms with Crippen LogP contribution in [0.1, 0.15) is 0 Å². The van der Waals surface area contributed by atoms with Crippen molar-refractivity contribution in [2.24, 2.45) is 0 Å². The number of fused-ring (bicyclic) bond motifs is 1. The Morgan fingerprint density at radius 2 is 1.93 bits per heavy atom. The highest BCUT2D eigenvalue weighted by Crippen LogP contribution is 2.35. The highest BCUT2D eigenvalue weighted by Gasteiger charge is 2.11. The lowest BCUT2D eigenvalue weighted by Gasteiger charge is -2.07. The Balaban J connectivity index is 2.67. The third kappa shape index (κ3) is 2.22. The lowest BCUT2D eigenvalue weighted by Crippen LogP contribution is -2.02. The highest BCUT2D eigenvalue weighted by atomic mass is 35.5. The van der Waals surface area contributed by atoms with Gasteiger partial charge in [-0.05, 0) is 43.7 Å². The summed E-state index contributed by atoms with van der Waals surface area (Å²) in [6.07, 6.45) is 0. The summed E-state index contributed by atoms with van der Waals surface area (Å²) in [4.78, 5) is 4.17. The number of nitrogens with zero attached hydrogens (tertiary/aromatic N) is 1. The summed E-state index contributed by atoms with van der Waals surface area (Å²) in [5.74, 6) is 0. The van der Waals surface area contributed by atoms with Gasteiger partial charge in [0.15, 0.2) is 0 Å². The zero-order valence-electron chi connectivity index (χ0n) is 8.57. The van der Waals surface area contributed by atoms with Gasteiger partial charge in [-0.25, -0.2) is 4.98 Å². The number of hydrogen-bond acceptors (Lipinski definition) is 2. The van der Waals surface area contributed by atoms with Crippen LogP contribution in [0.2, 0.25) is 5.15 Å². The molecule has 0 atom stereocenters. The molecule has 15 heavy (non-hydrogen) atoms. The maximum absolute atomic E-state index is 11.9. The van der Waals surface area contributed by atoms with Crippen molar-refractivity contribution in [3.63, 3.8) is 0 Å². The van der Waals surface area contributed by atoms with E-state index in [9.17, 15) is 4.57 Å². The van der Waals surface area contributed by atoms with E-state index in [0.29, 0.717) is 5.15 Å². The predicted molar refractivity (Wildman–Crippen MR) is 65.8 cm³/mol. The molecule has 2 rings (SSSR count). The molecule has 0 bridgehead atoms. The van der Waals surface area contributed by atoms with E-state index in [1.807, 2.05) is 24.3 Å². The second kappa shape index (κ2) is 3.62. The van der Waals surface area contributed by atoms with Gasteiger partial charge in [0.25, 0.3) is 0 Å². The minimum Gasteiger partial charge on any atom is -0.319 e. The van der Waals surface area contributed by atoms with Gasteiger partial charge in [0, 0.05) is 10.7 Å².